The topological polar surface area (TPSA) is 83.1 Å². The van der Waals surface area contributed by atoms with E-state index in [0.717, 1.165) is 60.8 Å². The first-order valence-corrected chi connectivity index (χ1v) is 11.6. The van der Waals surface area contributed by atoms with Gasteiger partial charge in [0.15, 0.2) is 0 Å². The number of aliphatic carboxylic acids is 1. The van der Waals surface area contributed by atoms with E-state index in [1.165, 1.54) is 0 Å². The third-order valence-corrected chi connectivity index (χ3v) is 6.06. The summed E-state index contributed by atoms with van der Waals surface area (Å²) < 4.78 is 35.8. The van der Waals surface area contributed by atoms with Crippen LogP contribution in [-0.4, -0.2) is 80.1 Å². The molecule has 37 heavy (non-hydrogen) atoms. The van der Waals surface area contributed by atoms with E-state index >= 15 is 0 Å². The van der Waals surface area contributed by atoms with Crippen LogP contribution in [0.3, 0.4) is 0 Å². The highest BCUT2D eigenvalue weighted by Crippen LogP contribution is 2.27. The highest BCUT2D eigenvalue weighted by atomic mass is 19.4. The molecule has 11 heteroatoms. The minimum atomic E-state index is -5.08. The highest BCUT2D eigenvalue weighted by Gasteiger charge is 2.38. The van der Waals surface area contributed by atoms with Gasteiger partial charge in [-0.2, -0.15) is 13.2 Å². The van der Waals surface area contributed by atoms with Gasteiger partial charge in [0.25, 0.3) is 5.91 Å². The van der Waals surface area contributed by atoms with E-state index in [4.69, 9.17) is 9.90 Å². The Labute approximate surface area is 211 Å². The zero-order valence-corrected chi connectivity index (χ0v) is 20.1. The van der Waals surface area contributed by atoms with Crippen LogP contribution in [0.4, 0.5) is 13.2 Å². The third-order valence-electron chi connectivity index (χ3n) is 6.06. The fourth-order valence-electron chi connectivity index (χ4n) is 4.14. The molecule has 194 valence electrons. The van der Waals surface area contributed by atoms with Crippen LogP contribution in [0.5, 0.6) is 0 Å². The molecule has 1 aromatic carbocycles. The molecule has 8 nitrogen and oxygen atoms in total. The molecule has 0 spiro atoms. The normalized spacial score (nSPS) is 14.6. The fraction of sp³-hybridized carbons (Fsp3) is 0.269. The zero-order chi connectivity index (χ0) is 26.6. The van der Waals surface area contributed by atoms with Crippen molar-refractivity contribution in [3.05, 3.63) is 78.9 Å². The van der Waals surface area contributed by atoms with Gasteiger partial charge >= 0.3 is 12.1 Å². The summed E-state index contributed by atoms with van der Waals surface area (Å²) in [6.07, 6.45) is 1.75. The SMILES string of the molecule is CN1CCCN(C(=O)c2cc(-c3cn(-c4ccccc4)cn3)n3ccccc23)CC1.O=C(O)C(F)(F)F. The lowest BCUT2D eigenvalue weighted by Crippen LogP contribution is -2.34. The number of nitrogens with zero attached hydrogens (tertiary/aromatic N) is 5. The van der Waals surface area contributed by atoms with Gasteiger partial charge in [0.05, 0.1) is 23.1 Å². The average Bonchev–Trinajstić information content (AvgIpc) is 3.45. The monoisotopic (exact) mass is 513 g/mol. The molecule has 1 aliphatic heterocycles. The molecule has 1 fully saturated rings. The summed E-state index contributed by atoms with van der Waals surface area (Å²) in [6, 6.07) is 18.1. The smallest absolute Gasteiger partial charge is 0.475 e. The number of aromatic nitrogens is 3. The maximum Gasteiger partial charge on any atom is 0.490 e. The molecule has 4 heterocycles. The van der Waals surface area contributed by atoms with Crippen molar-refractivity contribution in [3.63, 3.8) is 0 Å². The molecule has 4 aromatic rings. The van der Waals surface area contributed by atoms with Crippen LogP contribution in [-0.2, 0) is 4.79 Å². The van der Waals surface area contributed by atoms with Crippen LogP contribution in [0, 0.1) is 0 Å². The van der Waals surface area contributed by atoms with Gasteiger partial charge in [-0.15, -0.1) is 0 Å². The third kappa shape index (κ3) is 6.00. The van der Waals surface area contributed by atoms with Crippen molar-refractivity contribution in [1.82, 2.24) is 23.8 Å². The highest BCUT2D eigenvalue weighted by molar-refractivity contribution is 6.02. The van der Waals surface area contributed by atoms with Crippen molar-refractivity contribution >= 4 is 17.4 Å². The molecule has 0 saturated carbocycles. The van der Waals surface area contributed by atoms with E-state index in [1.807, 2.05) is 82.8 Å². The lowest BCUT2D eigenvalue weighted by Gasteiger charge is -2.20. The van der Waals surface area contributed by atoms with Crippen molar-refractivity contribution < 1.29 is 27.9 Å². The van der Waals surface area contributed by atoms with Crippen molar-refractivity contribution in [3.8, 4) is 17.1 Å². The number of carboxylic acids is 1. The van der Waals surface area contributed by atoms with E-state index < -0.39 is 12.1 Å². The second-order valence-electron chi connectivity index (χ2n) is 8.65. The largest absolute Gasteiger partial charge is 0.490 e. The van der Waals surface area contributed by atoms with Gasteiger partial charge in [-0.05, 0) is 50.3 Å². The number of carbonyl (C=O) groups is 2. The van der Waals surface area contributed by atoms with Crippen molar-refractivity contribution in [2.75, 3.05) is 33.2 Å². The molecule has 0 bridgehead atoms. The molecule has 1 amide bonds. The number of hydrogen-bond acceptors (Lipinski definition) is 4. The van der Waals surface area contributed by atoms with E-state index in [-0.39, 0.29) is 5.91 Å². The molecule has 5 rings (SSSR count). The number of carboxylic acid groups (broad SMARTS) is 1. The Bertz CT molecular complexity index is 1380. The Morgan fingerprint density at radius 3 is 2.38 bits per heavy atom. The summed E-state index contributed by atoms with van der Waals surface area (Å²) in [5.41, 5.74) is 4.49. The fourth-order valence-corrected chi connectivity index (χ4v) is 4.14. The number of pyridine rings is 1. The Hall–Kier alpha value is -4.12. The van der Waals surface area contributed by atoms with Crippen molar-refractivity contribution in [2.45, 2.75) is 12.6 Å². The number of rotatable bonds is 3. The minimum Gasteiger partial charge on any atom is -0.475 e. The summed E-state index contributed by atoms with van der Waals surface area (Å²) in [6.45, 7) is 3.50. The number of carbonyl (C=O) groups excluding carboxylic acids is 1. The molecule has 0 atom stereocenters. The predicted octanol–water partition coefficient (Wildman–Crippen LogP) is 4.20. The first-order valence-electron chi connectivity index (χ1n) is 11.6. The lowest BCUT2D eigenvalue weighted by molar-refractivity contribution is -0.192. The molecule has 1 N–H and O–H groups in total. The molecule has 0 aliphatic carbocycles. The maximum absolute atomic E-state index is 13.4. The summed E-state index contributed by atoms with van der Waals surface area (Å²) in [5, 5.41) is 7.12. The number of halogens is 3. The Morgan fingerprint density at radius 1 is 0.973 bits per heavy atom. The second-order valence-corrected chi connectivity index (χ2v) is 8.65. The summed E-state index contributed by atoms with van der Waals surface area (Å²) in [4.78, 5) is 31.2. The van der Waals surface area contributed by atoms with E-state index in [1.54, 1.807) is 0 Å². The van der Waals surface area contributed by atoms with Gasteiger partial charge in [0.2, 0.25) is 0 Å². The van der Waals surface area contributed by atoms with Gasteiger partial charge in [-0.25, -0.2) is 9.78 Å². The summed E-state index contributed by atoms with van der Waals surface area (Å²) >= 11 is 0. The zero-order valence-electron chi connectivity index (χ0n) is 20.1. The van der Waals surface area contributed by atoms with E-state index in [0.29, 0.717) is 0 Å². The predicted molar refractivity (Wildman–Crippen MR) is 132 cm³/mol. The Balaban J connectivity index is 0.000000405. The Kier molecular flexibility index (Phi) is 7.63. The quantitative estimate of drug-likeness (QED) is 0.444. The molecule has 1 saturated heterocycles. The summed E-state index contributed by atoms with van der Waals surface area (Å²) in [5.74, 6) is -2.66. The Morgan fingerprint density at radius 2 is 1.68 bits per heavy atom. The van der Waals surface area contributed by atoms with Crippen LogP contribution in [0.25, 0.3) is 22.6 Å². The van der Waals surface area contributed by atoms with Crippen LogP contribution >= 0.6 is 0 Å². The van der Waals surface area contributed by atoms with Crippen LogP contribution in [0.2, 0.25) is 0 Å². The minimum absolute atomic E-state index is 0.0998. The maximum atomic E-state index is 13.4. The summed E-state index contributed by atoms with van der Waals surface area (Å²) in [7, 11) is 2.11. The molecule has 3 aromatic heterocycles. The van der Waals surface area contributed by atoms with Gasteiger partial charge in [0.1, 0.15) is 5.69 Å². The second kappa shape index (κ2) is 10.9. The molecular weight excluding hydrogens is 487 g/mol. The first kappa shape index (κ1) is 26.0. The lowest BCUT2D eigenvalue weighted by atomic mass is 10.2. The van der Waals surface area contributed by atoms with Crippen molar-refractivity contribution in [2.24, 2.45) is 0 Å². The molecular formula is C26H26F3N5O3. The first-order chi connectivity index (χ1) is 17.6. The van der Waals surface area contributed by atoms with Crippen LogP contribution in [0.15, 0.2) is 73.3 Å². The van der Waals surface area contributed by atoms with Gasteiger partial charge in [0, 0.05) is 37.7 Å². The number of para-hydroxylation sites is 1. The average molecular weight is 514 g/mol. The number of alkyl halides is 3. The van der Waals surface area contributed by atoms with Gasteiger partial charge in [-0.3, -0.25) is 4.79 Å². The van der Waals surface area contributed by atoms with Crippen LogP contribution in [0.1, 0.15) is 16.8 Å². The van der Waals surface area contributed by atoms with E-state index in [2.05, 4.69) is 21.3 Å². The van der Waals surface area contributed by atoms with Gasteiger partial charge < -0.3 is 23.9 Å². The number of benzene rings is 1. The van der Waals surface area contributed by atoms with Crippen molar-refractivity contribution in [1.29, 1.82) is 0 Å². The number of fused-ring (bicyclic) bond motifs is 1. The van der Waals surface area contributed by atoms with Gasteiger partial charge in [-0.1, -0.05) is 24.3 Å². The molecule has 1 aliphatic rings. The molecule has 0 unspecified atom stereocenters. The molecule has 0 radical (unpaired) electrons. The number of likely N-dealkylation sites (N-methyl/N-ethyl adjacent to an activating group) is 1. The standard InChI is InChI=1S/C24H25N5O.C2HF3O2/c1-26-11-7-12-27(15-14-26)24(30)20-16-23(29-13-6-5-10-22(20)29)21-17-28(18-25-21)19-8-3-2-4-9-19;3-2(4,5)1(6)7/h2-6,8-10,13,16-18H,7,11-12,14-15H2,1H3;(H,6,7). The number of imidazole rings is 1. The number of hydrogen-bond donors (Lipinski definition) is 1. The number of amides is 1. The van der Waals surface area contributed by atoms with Crippen LogP contribution < -0.4 is 0 Å². The van der Waals surface area contributed by atoms with E-state index in [9.17, 15) is 18.0 Å².